The zero-order valence-corrected chi connectivity index (χ0v) is 28.5. The Morgan fingerprint density at radius 2 is 0.488 bits per heavy atom. The average molecular weight is 565 g/mol. The monoisotopic (exact) mass is 564 g/mol. The fraction of sp³-hybridized carbons (Fsp3) is 0.400. The fourth-order valence-electron chi connectivity index (χ4n) is 4.51. The molecule has 41 heavy (non-hydrogen) atoms. The molecule has 0 aliphatic heterocycles. The first-order chi connectivity index (χ1) is 18.8. The molecule has 0 atom stereocenters. The predicted molar refractivity (Wildman–Crippen MR) is 184 cm³/mol. The molecule has 0 spiro atoms. The highest BCUT2D eigenvalue weighted by Crippen LogP contribution is 2.32. The van der Waals surface area contributed by atoms with Crippen molar-refractivity contribution in [2.45, 2.75) is 115 Å². The smallest absolute Gasteiger partial charge is 0.0122 e. The molecule has 0 unspecified atom stereocenters. The van der Waals surface area contributed by atoms with Gasteiger partial charge in [-0.15, -0.1) is 0 Å². The number of rotatable bonds is 3. The zero-order valence-electron chi connectivity index (χ0n) is 27.6. The van der Waals surface area contributed by atoms with Gasteiger partial charge in [-0.3, -0.25) is 0 Å². The lowest BCUT2D eigenvalue weighted by Crippen LogP contribution is -2.10. The molecule has 0 saturated heterocycles. The summed E-state index contributed by atoms with van der Waals surface area (Å²) in [6.07, 6.45) is 0. The van der Waals surface area contributed by atoms with Crippen molar-refractivity contribution in [3.05, 3.63) is 119 Å². The molecule has 0 aromatic heterocycles. The van der Waals surface area contributed by atoms with Crippen LogP contribution in [0.15, 0.2) is 107 Å². The van der Waals surface area contributed by atoms with Crippen molar-refractivity contribution in [1.82, 2.24) is 0 Å². The molecule has 1 heteroatoms. The van der Waals surface area contributed by atoms with Crippen LogP contribution in [0.5, 0.6) is 0 Å². The topological polar surface area (TPSA) is 0 Å². The van der Waals surface area contributed by atoms with E-state index >= 15 is 0 Å². The second-order valence-corrected chi connectivity index (χ2v) is 16.5. The molecule has 0 nitrogen and oxygen atoms in total. The predicted octanol–water partition coefficient (Wildman–Crippen LogP) is 12.4. The molecule has 4 aromatic carbocycles. The molecule has 0 aliphatic carbocycles. The van der Waals surface area contributed by atoms with Gasteiger partial charge in [-0.1, -0.05) is 168 Å². The Kier molecular flexibility index (Phi) is 10.1. The van der Waals surface area contributed by atoms with E-state index in [1.54, 1.807) is 0 Å². The number of hydrogen-bond donors (Lipinski definition) is 0. The molecule has 0 aliphatic rings. The highest BCUT2D eigenvalue weighted by Gasteiger charge is 2.16. The molecule has 0 saturated carbocycles. The first kappa shape index (κ1) is 32.7. The molecule has 0 bridgehead atoms. The van der Waals surface area contributed by atoms with Crippen molar-refractivity contribution in [3.8, 4) is 11.1 Å². The van der Waals surface area contributed by atoms with Crippen LogP contribution in [0.3, 0.4) is 0 Å². The van der Waals surface area contributed by atoms with E-state index in [1.165, 1.54) is 43.2 Å². The SMILES string of the molecule is CC(C)(C)c1ccc(-c2ccc(C(C)(C)C)cc2)cc1.CC(C)(C)c1ccc(Sc2ccc(C(C)(C)C)cc2)cc1. The van der Waals surface area contributed by atoms with E-state index in [9.17, 15) is 0 Å². The van der Waals surface area contributed by atoms with Gasteiger partial charge in [-0.05, 0) is 79.3 Å². The molecule has 0 radical (unpaired) electrons. The highest BCUT2D eigenvalue weighted by atomic mass is 32.2. The normalized spacial score (nSPS) is 12.5. The summed E-state index contributed by atoms with van der Waals surface area (Å²) in [5, 5.41) is 0. The van der Waals surface area contributed by atoms with Gasteiger partial charge < -0.3 is 0 Å². The molecule has 0 fully saturated rings. The first-order valence-corrected chi connectivity index (χ1v) is 15.8. The molecule has 0 heterocycles. The summed E-state index contributed by atoms with van der Waals surface area (Å²) in [6, 6.07) is 35.8. The molecular weight excluding hydrogens is 513 g/mol. The van der Waals surface area contributed by atoms with E-state index in [0.717, 1.165) is 0 Å². The van der Waals surface area contributed by atoms with Crippen molar-refractivity contribution >= 4 is 11.8 Å². The van der Waals surface area contributed by atoms with E-state index in [2.05, 4.69) is 180 Å². The van der Waals surface area contributed by atoms with E-state index in [4.69, 9.17) is 0 Å². The van der Waals surface area contributed by atoms with Crippen LogP contribution in [-0.4, -0.2) is 0 Å². The zero-order chi connectivity index (χ0) is 30.6. The summed E-state index contributed by atoms with van der Waals surface area (Å²) in [5.74, 6) is 0. The van der Waals surface area contributed by atoms with Crippen LogP contribution < -0.4 is 0 Å². The van der Waals surface area contributed by atoms with Gasteiger partial charge >= 0.3 is 0 Å². The van der Waals surface area contributed by atoms with Crippen molar-refractivity contribution in [2.75, 3.05) is 0 Å². The highest BCUT2D eigenvalue weighted by molar-refractivity contribution is 7.99. The minimum Gasteiger partial charge on any atom is -0.0901 e. The van der Waals surface area contributed by atoms with Crippen LogP contribution >= 0.6 is 11.8 Å². The molecular formula is C40H52S. The van der Waals surface area contributed by atoms with Gasteiger partial charge in [-0.2, -0.15) is 0 Å². The summed E-state index contributed by atoms with van der Waals surface area (Å²) in [4.78, 5) is 2.60. The van der Waals surface area contributed by atoms with Crippen molar-refractivity contribution in [2.24, 2.45) is 0 Å². The molecule has 0 amide bonds. The van der Waals surface area contributed by atoms with Gasteiger partial charge in [0.25, 0.3) is 0 Å². The Morgan fingerprint density at radius 1 is 0.293 bits per heavy atom. The minimum absolute atomic E-state index is 0.217. The van der Waals surface area contributed by atoms with Crippen LogP contribution in [0.4, 0.5) is 0 Å². The van der Waals surface area contributed by atoms with E-state index in [-0.39, 0.29) is 21.7 Å². The number of benzene rings is 4. The average Bonchev–Trinajstić information content (AvgIpc) is 2.88. The quantitative estimate of drug-likeness (QED) is 0.238. The Hall–Kier alpha value is -2.77. The van der Waals surface area contributed by atoms with Gasteiger partial charge in [0.15, 0.2) is 0 Å². The Labute approximate surface area is 256 Å². The second-order valence-electron chi connectivity index (χ2n) is 15.3. The van der Waals surface area contributed by atoms with Crippen LogP contribution in [-0.2, 0) is 21.7 Å². The van der Waals surface area contributed by atoms with Crippen molar-refractivity contribution in [1.29, 1.82) is 0 Å². The largest absolute Gasteiger partial charge is 0.0901 e. The lowest BCUT2D eigenvalue weighted by Gasteiger charge is -2.20. The van der Waals surface area contributed by atoms with E-state index < -0.39 is 0 Å². The summed E-state index contributed by atoms with van der Waals surface area (Å²) in [6.45, 7) is 27.0. The first-order valence-electron chi connectivity index (χ1n) is 14.9. The van der Waals surface area contributed by atoms with Crippen LogP contribution in [0.1, 0.15) is 105 Å². The summed E-state index contributed by atoms with van der Waals surface area (Å²) in [7, 11) is 0. The minimum atomic E-state index is 0.217. The fourth-order valence-corrected chi connectivity index (χ4v) is 5.32. The van der Waals surface area contributed by atoms with Gasteiger partial charge in [0, 0.05) is 9.79 Å². The van der Waals surface area contributed by atoms with Gasteiger partial charge in [0.05, 0.1) is 0 Å². The third-order valence-electron chi connectivity index (χ3n) is 7.51. The summed E-state index contributed by atoms with van der Waals surface area (Å²) in [5.41, 5.74) is 8.99. The molecule has 0 N–H and O–H groups in total. The molecule has 218 valence electrons. The Morgan fingerprint density at radius 3 is 0.683 bits per heavy atom. The third-order valence-corrected chi connectivity index (χ3v) is 8.53. The van der Waals surface area contributed by atoms with Crippen molar-refractivity contribution < 1.29 is 0 Å². The Bertz CT molecular complexity index is 1250. The second kappa shape index (κ2) is 12.6. The number of hydrogen-bond acceptors (Lipinski definition) is 1. The third kappa shape index (κ3) is 9.64. The maximum absolute atomic E-state index is 2.25. The molecule has 4 rings (SSSR count). The van der Waals surface area contributed by atoms with E-state index in [0.29, 0.717) is 0 Å². The summed E-state index contributed by atoms with van der Waals surface area (Å²) < 4.78 is 0. The Balaban J connectivity index is 0.000000226. The van der Waals surface area contributed by atoms with Crippen molar-refractivity contribution in [3.63, 3.8) is 0 Å². The van der Waals surface area contributed by atoms with Gasteiger partial charge in [0.1, 0.15) is 0 Å². The maximum atomic E-state index is 2.25. The molecule has 4 aromatic rings. The lowest BCUT2D eigenvalue weighted by molar-refractivity contribution is 0.589. The van der Waals surface area contributed by atoms with Gasteiger partial charge in [-0.25, -0.2) is 0 Å². The summed E-state index contributed by atoms with van der Waals surface area (Å²) >= 11 is 1.83. The van der Waals surface area contributed by atoms with Gasteiger partial charge in [0.2, 0.25) is 0 Å². The maximum Gasteiger partial charge on any atom is 0.0122 e. The van der Waals surface area contributed by atoms with Crippen LogP contribution in [0, 0.1) is 0 Å². The van der Waals surface area contributed by atoms with Crippen LogP contribution in [0.25, 0.3) is 11.1 Å². The lowest BCUT2D eigenvalue weighted by atomic mass is 9.85. The van der Waals surface area contributed by atoms with E-state index in [1.807, 2.05) is 11.8 Å². The standard InChI is InChI=1S/C20H26S.C20H26/c1-19(2,3)15-7-11-17(12-8-15)21-18-13-9-16(10-14-18)20(4,5)6;1-19(2,3)17-11-7-15(8-12-17)16-9-13-18(14-10-16)20(4,5)6/h7-14H,1-6H3;7-14H,1-6H3. The van der Waals surface area contributed by atoms with Crippen LogP contribution in [0.2, 0.25) is 0 Å².